The first-order valence-electron chi connectivity index (χ1n) is 7.30. The molecule has 0 heterocycles. The highest BCUT2D eigenvalue weighted by molar-refractivity contribution is 5.80. The number of hydrogen-bond acceptors (Lipinski definition) is 1. The lowest BCUT2D eigenvalue weighted by Gasteiger charge is -2.23. The number of fused-ring (bicyclic) bond motifs is 2. The van der Waals surface area contributed by atoms with E-state index in [9.17, 15) is 4.79 Å². The molecular weight excluding hydrogens is 210 g/mol. The molecule has 4 aliphatic carbocycles. The van der Waals surface area contributed by atoms with Gasteiger partial charge < -0.3 is 5.32 Å². The smallest absolute Gasteiger partial charge is 0.223 e. The number of rotatable bonds is 4. The highest BCUT2D eigenvalue weighted by Crippen LogP contribution is 2.46. The second kappa shape index (κ2) is 3.60. The average Bonchev–Trinajstić information content (AvgIpc) is 3.26. The molecule has 3 fully saturated rings. The van der Waals surface area contributed by atoms with Crippen molar-refractivity contribution in [2.24, 2.45) is 29.6 Å². The zero-order valence-corrected chi connectivity index (χ0v) is 10.3. The second-order valence-electron chi connectivity index (χ2n) is 6.60. The van der Waals surface area contributed by atoms with E-state index in [0.29, 0.717) is 29.7 Å². The van der Waals surface area contributed by atoms with E-state index in [4.69, 9.17) is 0 Å². The van der Waals surface area contributed by atoms with Gasteiger partial charge in [-0.25, -0.2) is 0 Å². The quantitative estimate of drug-likeness (QED) is 0.740. The Hall–Kier alpha value is -0.790. The lowest BCUT2D eigenvalue weighted by molar-refractivity contribution is -0.126. The molecule has 2 nitrogen and oxygen atoms in total. The Labute approximate surface area is 103 Å². The van der Waals surface area contributed by atoms with Crippen molar-refractivity contribution in [1.29, 1.82) is 0 Å². The van der Waals surface area contributed by atoms with Crippen molar-refractivity contribution < 1.29 is 4.79 Å². The molecule has 0 spiro atoms. The van der Waals surface area contributed by atoms with Gasteiger partial charge in [0.05, 0.1) is 0 Å². The van der Waals surface area contributed by atoms with Crippen LogP contribution in [-0.4, -0.2) is 11.9 Å². The number of carbonyl (C=O) groups is 1. The van der Waals surface area contributed by atoms with Gasteiger partial charge in [-0.05, 0) is 62.2 Å². The van der Waals surface area contributed by atoms with E-state index in [2.05, 4.69) is 17.5 Å². The van der Waals surface area contributed by atoms with Gasteiger partial charge in [0, 0.05) is 12.0 Å². The predicted octanol–water partition coefficient (Wildman–Crippen LogP) is 2.50. The molecule has 0 aromatic heterocycles. The van der Waals surface area contributed by atoms with E-state index in [-0.39, 0.29) is 0 Å². The number of carbonyl (C=O) groups excluding carboxylic acids is 1. The Balaban J connectivity index is 1.41. The summed E-state index contributed by atoms with van der Waals surface area (Å²) in [7, 11) is 0. The van der Waals surface area contributed by atoms with Gasteiger partial charge in [0.2, 0.25) is 5.91 Å². The van der Waals surface area contributed by atoms with Crippen LogP contribution in [-0.2, 0) is 4.79 Å². The molecule has 2 bridgehead atoms. The molecule has 3 unspecified atom stereocenters. The third-order valence-electron chi connectivity index (χ3n) is 5.18. The van der Waals surface area contributed by atoms with Crippen LogP contribution in [0.1, 0.15) is 38.5 Å². The third kappa shape index (κ3) is 1.82. The minimum atomic E-state index is 0.296. The van der Waals surface area contributed by atoms with Crippen LogP contribution >= 0.6 is 0 Å². The molecule has 1 amide bonds. The molecule has 2 heteroatoms. The number of amides is 1. The molecule has 0 aliphatic heterocycles. The Morgan fingerprint density at radius 2 is 1.76 bits per heavy atom. The van der Waals surface area contributed by atoms with Crippen LogP contribution in [0.3, 0.4) is 0 Å². The molecule has 4 aliphatic rings. The third-order valence-corrected chi connectivity index (χ3v) is 5.18. The maximum absolute atomic E-state index is 12.4. The number of allylic oxidation sites excluding steroid dienone is 2. The van der Waals surface area contributed by atoms with Crippen LogP contribution < -0.4 is 5.32 Å². The lowest BCUT2D eigenvalue weighted by Crippen LogP contribution is -2.42. The summed E-state index contributed by atoms with van der Waals surface area (Å²) < 4.78 is 0. The maximum atomic E-state index is 12.4. The van der Waals surface area contributed by atoms with Crippen LogP contribution in [0.25, 0.3) is 0 Å². The van der Waals surface area contributed by atoms with Crippen molar-refractivity contribution in [3.05, 3.63) is 12.2 Å². The van der Waals surface area contributed by atoms with Crippen molar-refractivity contribution in [3.63, 3.8) is 0 Å². The average molecular weight is 231 g/mol. The fourth-order valence-electron chi connectivity index (χ4n) is 3.88. The van der Waals surface area contributed by atoms with E-state index < -0.39 is 0 Å². The van der Waals surface area contributed by atoms with Crippen LogP contribution in [0.15, 0.2) is 12.2 Å². The van der Waals surface area contributed by atoms with Crippen molar-refractivity contribution >= 4 is 5.91 Å². The first-order valence-corrected chi connectivity index (χ1v) is 7.30. The molecule has 92 valence electrons. The van der Waals surface area contributed by atoms with Crippen molar-refractivity contribution in [2.45, 2.75) is 44.6 Å². The largest absolute Gasteiger partial charge is 0.353 e. The molecule has 1 N–H and O–H groups in total. The fraction of sp³-hybridized carbons (Fsp3) is 0.800. The SMILES string of the molecule is O=C(NC(C1CC1)C1CC1)C1CC2C=CC1C2. The normalized spacial score (nSPS) is 39.0. The van der Waals surface area contributed by atoms with Gasteiger partial charge in [-0.3, -0.25) is 4.79 Å². The summed E-state index contributed by atoms with van der Waals surface area (Å²) in [5, 5.41) is 3.39. The molecule has 0 saturated heterocycles. The molecule has 3 atom stereocenters. The van der Waals surface area contributed by atoms with Gasteiger partial charge in [-0.15, -0.1) is 0 Å². The van der Waals surface area contributed by atoms with E-state index in [1.165, 1.54) is 32.1 Å². The lowest BCUT2D eigenvalue weighted by atomic mass is 9.92. The Kier molecular flexibility index (Phi) is 2.15. The van der Waals surface area contributed by atoms with E-state index in [1.54, 1.807) is 0 Å². The molecule has 17 heavy (non-hydrogen) atoms. The summed E-state index contributed by atoms with van der Waals surface area (Å²) in [5.74, 6) is 3.56. The molecular formula is C15H21NO. The van der Waals surface area contributed by atoms with E-state index >= 15 is 0 Å². The van der Waals surface area contributed by atoms with Gasteiger partial charge in [0.15, 0.2) is 0 Å². The summed E-state index contributed by atoms with van der Waals surface area (Å²) in [4.78, 5) is 12.4. The highest BCUT2D eigenvalue weighted by atomic mass is 16.2. The zero-order valence-electron chi connectivity index (χ0n) is 10.3. The standard InChI is InChI=1S/C15H21NO/c17-15(13-8-9-1-2-12(13)7-9)16-14(10-3-4-10)11-5-6-11/h1-2,9-14H,3-8H2,(H,16,17). The minimum Gasteiger partial charge on any atom is -0.353 e. The van der Waals surface area contributed by atoms with Crippen LogP contribution in [0.2, 0.25) is 0 Å². The fourth-order valence-corrected chi connectivity index (χ4v) is 3.88. The predicted molar refractivity (Wildman–Crippen MR) is 66.2 cm³/mol. The number of nitrogens with one attached hydrogen (secondary N) is 1. The van der Waals surface area contributed by atoms with Gasteiger partial charge in [0.1, 0.15) is 0 Å². The van der Waals surface area contributed by atoms with Gasteiger partial charge in [-0.1, -0.05) is 12.2 Å². The molecule has 4 rings (SSSR count). The Morgan fingerprint density at radius 3 is 2.24 bits per heavy atom. The minimum absolute atomic E-state index is 0.296. The summed E-state index contributed by atoms with van der Waals surface area (Å²) in [5.41, 5.74) is 0. The van der Waals surface area contributed by atoms with E-state index in [1.807, 2.05) is 0 Å². The highest BCUT2D eigenvalue weighted by Gasteiger charge is 2.45. The first kappa shape index (κ1) is 10.2. The summed E-state index contributed by atoms with van der Waals surface area (Å²) in [6.07, 6.45) is 12.3. The van der Waals surface area contributed by atoms with E-state index in [0.717, 1.165) is 18.3 Å². The second-order valence-corrected chi connectivity index (χ2v) is 6.60. The van der Waals surface area contributed by atoms with Crippen LogP contribution in [0.4, 0.5) is 0 Å². The monoisotopic (exact) mass is 231 g/mol. The van der Waals surface area contributed by atoms with Crippen LogP contribution in [0, 0.1) is 29.6 Å². The van der Waals surface area contributed by atoms with Crippen molar-refractivity contribution in [3.8, 4) is 0 Å². The Bertz CT molecular complexity index is 355. The van der Waals surface area contributed by atoms with Gasteiger partial charge >= 0.3 is 0 Å². The van der Waals surface area contributed by atoms with Crippen molar-refractivity contribution in [2.75, 3.05) is 0 Å². The molecule has 0 aromatic carbocycles. The topological polar surface area (TPSA) is 29.1 Å². The summed E-state index contributed by atoms with van der Waals surface area (Å²) in [6, 6.07) is 0.533. The first-order chi connectivity index (χ1) is 8.31. The van der Waals surface area contributed by atoms with Gasteiger partial charge in [-0.2, -0.15) is 0 Å². The zero-order chi connectivity index (χ0) is 11.4. The summed E-state index contributed by atoms with van der Waals surface area (Å²) >= 11 is 0. The molecule has 0 aromatic rings. The molecule has 0 radical (unpaired) electrons. The van der Waals surface area contributed by atoms with Crippen LogP contribution in [0.5, 0.6) is 0 Å². The summed E-state index contributed by atoms with van der Waals surface area (Å²) in [6.45, 7) is 0. The Morgan fingerprint density at radius 1 is 1.06 bits per heavy atom. The maximum Gasteiger partial charge on any atom is 0.223 e. The number of hydrogen-bond donors (Lipinski definition) is 1. The van der Waals surface area contributed by atoms with Gasteiger partial charge in [0.25, 0.3) is 0 Å². The van der Waals surface area contributed by atoms with Crippen molar-refractivity contribution in [1.82, 2.24) is 5.32 Å². The molecule has 3 saturated carbocycles.